The van der Waals surface area contributed by atoms with Gasteiger partial charge in [-0.3, -0.25) is 4.79 Å². The first-order valence-corrected chi connectivity index (χ1v) is 10.6. The molecular weight excluding hydrogens is 504 g/mol. The second-order valence-electron chi connectivity index (χ2n) is 7.00. The van der Waals surface area contributed by atoms with Gasteiger partial charge < -0.3 is 25.0 Å². The van der Waals surface area contributed by atoms with Gasteiger partial charge in [-0.2, -0.15) is 5.26 Å². The lowest BCUT2D eigenvalue weighted by Crippen LogP contribution is -2.13. The maximum atomic E-state index is 12.5. The average Bonchev–Trinajstić information content (AvgIpc) is 2.83. The van der Waals surface area contributed by atoms with Crippen LogP contribution in [-0.4, -0.2) is 29.2 Å². The smallest absolute Gasteiger partial charge is 0.335 e. The number of aromatic carboxylic acids is 1. The van der Waals surface area contributed by atoms with Gasteiger partial charge in [-0.25, -0.2) is 4.79 Å². The van der Waals surface area contributed by atoms with Crippen LogP contribution in [-0.2, 0) is 11.4 Å². The minimum Gasteiger partial charge on any atom is -0.508 e. The molecule has 0 saturated heterocycles. The fourth-order valence-corrected chi connectivity index (χ4v) is 3.49. The highest BCUT2D eigenvalue weighted by Crippen LogP contribution is 2.38. The molecule has 0 spiro atoms. The third-order valence-corrected chi connectivity index (χ3v) is 5.23. The number of phenols is 1. The number of hydrogen-bond donors (Lipinski definition) is 3. The number of amides is 1. The Hall–Kier alpha value is -4.29. The standard InChI is InChI=1S/C25H19BrN2O6/c1-33-22-12-16(10-18(13-27)24(30)28-19-6-8-20(29)9-7-19)11-21(26)23(22)34-14-15-2-4-17(5-3-15)25(31)32/h2-12,29H,14H2,1H3,(H,28,30)(H,31,32)/b18-10+. The van der Waals surface area contributed by atoms with E-state index in [2.05, 4.69) is 21.2 Å². The summed E-state index contributed by atoms with van der Waals surface area (Å²) in [6.45, 7) is 0.169. The van der Waals surface area contributed by atoms with E-state index >= 15 is 0 Å². The topological polar surface area (TPSA) is 129 Å². The van der Waals surface area contributed by atoms with Crippen LogP contribution in [0.15, 0.2) is 70.7 Å². The molecule has 3 N–H and O–H groups in total. The van der Waals surface area contributed by atoms with E-state index in [-0.39, 0.29) is 23.5 Å². The highest BCUT2D eigenvalue weighted by molar-refractivity contribution is 9.10. The Bertz CT molecular complexity index is 1280. The van der Waals surface area contributed by atoms with Crippen molar-refractivity contribution in [2.45, 2.75) is 6.61 Å². The van der Waals surface area contributed by atoms with Gasteiger partial charge in [0.15, 0.2) is 11.5 Å². The fourth-order valence-electron chi connectivity index (χ4n) is 2.92. The molecule has 0 bridgehead atoms. The number of aromatic hydroxyl groups is 1. The lowest BCUT2D eigenvalue weighted by atomic mass is 10.1. The van der Waals surface area contributed by atoms with Gasteiger partial charge in [0.05, 0.1) is 17.1 Å². The molecule has 0 aliphatic heterocycles. The zero-order valence-electron chi connectivity index (χ0n) is 17.9. The van der Waals surface area contributed by atoms with Crippen LogP contribution in [0.25, 0.3) is 6.08 Å². The van der Waals surface area contributed by atoms with Gasteiger partial charge in [-0.15, -0.1) is 0 Å². The molecule has 0 unspecified atom stereocenters. The zero-order valence-corrected chi connectivity index (χ0v) is 19.5. The molecule has 0 saturated carbocycles. The number of phenolic OH excluding ortho intramolecular Hbond substituents is 1. The predicted molar refractivity (Wildman–Crippen MR) is 129 cm³/mol. The quantitative estimate of drug-likeness (QED) is 0.216. The van der Waals surface area contributed by atoms with Crippen molar-refractivity contribution in [1.82, 2.24) is 0 Å². The lowest BCUT2D eigenvalue weighted by molar-refractivity contribution is -0.112. The number of carboxylic acid groups (broad SMARTS) is 1. The molecule has 8 nitrogen and oxygen atoms in total. The summed E-state index contributed by atoms with van der Waals surface area (Å²) in [5.74, 6) is -0.763. The number of nitriles is 1. The van der Waals surface area contributed by atoms with Crippen LogP contribution in [0.3, 0.4) is 0 Å². The highest BCUT2D eigenvalue weighted by Gasteiger charge is 2.15. The van der Waals surface area contributed by atoms with Crippen LogP contribution in [0.2, 0.25) is 0 Å². The van der Waals surface area contributed by atoms with Crippen molar-refractivity contribution in [3.8, 4) is 23.3 Å². The SMILES string of the molecule is COc1cc(/C=C(\C#N)C(=O)Nc2ccc(O)cc2)cc(Br)c1OCc1ccc(C(=O)O)cc1. The van der Waals surface area contributed by atoms with Crippen molar-refractivity contribution in [1.29, 1.82) is 5.26 Å². The molecule has 0 aliphatic carbocycles. The minimum absolute atomic E-state index is 0.0607. The molecule has 0 fully saturated rings. The van der Waals surface area contributed by atoms with E-state index in [0.29, 0.717) is 27.2 Å². The van der Waals surface area contributed by atoms with E-state index in [1.165, 1.54) is 49.6 Å². The Morgan fingerprint density at radius 2 is 1.79 bits per heavy atom. The Morgan fingerprint density at radius 3 is 2.38 bits per heavy atom. The molecule has 172 valence electrons. The molecule has 1 amide bonds. The first kappa shape index (κ1) is 24.4. The highest BCUT2D eigenvalue weighted by atomic mass is 79.9. The zero-order chi connectivity index (χ0) is 24.7. The molecule has 3 aromatic rings. The van der Waals surface area contributed by atoms with Gasteiger partial charge in [0.2, 0.25) is 0 Å². The normalized spacial score (nSPS) is 10.8. The van der Waals surface area contributed by atoms with Crippen LogP contribution >= 0.6 is 15.9 Å². The van der Waals surface area contributed by atoms with Crippen molar-refractivity contribution in [3.05, 3.63) is 87.4 Å². The van der Waals surface area contributed by atoms with Gasteiger partial charge in [-0.1, -0.05) is 12.1 Å². The number of rotatable bonds is 8. The van der Waals surface area contributed by atoms with E-state index in [0.717, 1.165) is 5.56 Å². The molecule has 34 heavy (non-hydrogen) atoms. The molecule has 3 rings (SSSR count). The van der Waals surface area contributed by atoms with Crippen molar-refractivity contribution in [2.75, 3.05) is 12.4 Å². The molecular formula is C25H19BrN2O6. The van der Waals surface area contributed by atoms with Gasteiger partial charge in [0.1, 0.15) is 24.0 Å². The Balaban J connectivity index is 1.78. The van der Waals surface area contributed by atoms with Crippen LogP contribution in [0.1, 0.15) is 21.5 Å². The number of carboxylic acids is 1. The van der Waals surface area contributed by atoms with E-state index in [4.69, 9.17) is 14.6 Å². The molecule has 3 aromatic carbocycles. The van der Waals surface area contributed by atoms with Gasteiger partial charge in [-0.05, 0) is 81.7 Å². The number of nitrogens with one attached hydrogen (secondary N) is 1. The number of nitrogens with zero attached hydrogens (tertiary/aromatic N) is 1. The number of hydrogen-bond acceptors (Lipinski definition) is 6. The Labute approximate surface area is 203 Å². The summed E-state index contributed by atoms with van der Waals surface area (Å²) in [4.78, 5) is 23.5. The lowest BCUT2D eigenvalue weighted by Gasteiger charge is -2.14. The predicted octanol–water partition coefficient (Wildman–Crippen LogP) is 4.99. The summed E-state index contributed by atoms with van der Waals surface area (Å²) < 4.78 is 11.8. The minimum atomic E-state index is -1.01. The second kappa shape index (κ2) is 11.0. The second-order valence-corrected chi connectivity index (χ2v) is 7.85. The number of carbonyl (C=O) groups excluding carboxylic acids is 1. The molecule has 9 heteroatoms. The number of methoxy groups -OCH3 is 1. The molecule has 0 aliphatic rings. The third kappa shape index (κ3) is 6.15. The van der Waals surface area contributed by atoms with Gasteiger partial charge in [0, 0.05) is 5.69 Å². The Kier molecular flexibility index (Phi) is 7.90. The van der Waals surface area contributed by atoms with Crippen LogP contribution in [0.4, 0.5) is 5.69 Å². The van der Waals surface area contributed by atoms with E-state index in [1.54, 1.807) is 24.3 Å². The number of ether oxygens (including phenoxy) is 2. The van der Waals surface area contributed by atoms with Crippen LogP contribution in [0, 0.1) is 11.3 Å². The summed E-state index contributed by atoms with van der Waals surface area (Å²) >= 11 is 3.43. The monoisotopic (exact) mass is 522 g/mol. The molecule has 0 heterocycles. The molecule has 0 aromatic heterocycles. The fraction of sp³-hybridized carbons (Fsp3) is 0.0800. The molecule has 0 atom stereocenters. The molecule has 0 radical (unpaired) electrons. The van der Waals surface area contributed by atoms with E-state index in [1.807, 2.05) is 6.07 Å². The van der Waals surface area contributed by atoms with E-state index < -0.39 is 11.9 Å². The van der Waals surface area contributed by atoms with Crippen LogP contribution in [0.5, 0.6) is 17.2 Å². The number of carbonyl (C=O) groups is 2. The Morgan fingerprint density at radius 1 is 1.12 bits per heavy atom. The van der Waals surface area contributed by atoms with Gasteiger partial charge in [0.25, 0.3) is 5.91 Å². The van der Waals surface area contributed by atoms with Gasteiger partial charge >= 0.3 is 5.97 Å². The third-order valence-electron chi connectivity index (χ3n) is 4.64. The summed E-state index contributed by atoms with van der Waals surface area (Å²) in [5, 5.41) is 30.4. The average molecular weight is 523 g/mol. The van der Waals surface area contributed by atoms with Crippen molar-refractivity contribution < 1.29 is 29.3 Å². The number of benzene rings is 3. The largest absolute Gasteiger partial charge is 0.508 e. The number of halogens is 1. The summed E-state index contributed by atoms with van der Waals surface area (Å²) in [7, 11) is 1.46. The first-order valence-electron chi connectivity index (χ1n) is 9.85. The maximum Gasteiger partial charge on any atom is 0.335 e. The number of anilines is 1. The summed E-state index contributed by atoms with van der Waals surface area (Å²) in [5.41, 5.74) is 1.78. The maximum absolute atomic E-state index is 12.5. The van der Waals surface area contributed by atoms with Crippen molar-refractivity contribution in [3.63, 3.8) is 0 Å². The summed E-state index contributed by atoms with van der Waals surface area (Å²) in [6.07, 6.45) is 1.41. The van der Waals surface area contributed by atoms with Crippen molar-refractivity contribution in [2.24, 2.45) is 0 Å². The van der Waals surface area contributed by atoms with E-state index in [9.17, 15) is 20.0 Å². The summed E-state index contributed by atoms with van der Waals surface area (Å²) in [6, 6.07) is 17.4. The van der Waals surface area contributed by atoms with Crippen LogP contribution < -0.4 is 14.8 Å². The first-order chi connectivity index (χ1) is 16.3. The van der Waals surface area contributed by atoms with Crippen molar-refractivity contribution >= 4 is 39.6 Å².